The molecule has 1 heterocycles. The van der Waals surface area contributed by atoms with Crippen LogP contribution in [0.2, 0.25) is 0 Å². The maximum atomic E-state index is 11.8. The summed E-state index contributed by atoms with van der Waals surface area (Å²) < 4.78 is 4.91. The second kappa shape index (κ2) is 5.58. The standard InChI is InChI=1S/C12H20N2O2S/c1-8-6-9(16-14-8)11(15)13-7-10(17-5)12(2,3)4/h6,10H,7H2,1-5H3,(H,13,15)/t10-/m0/s1. The van der Waals surface area contributed by atoms with Crippen LogP contribution in [0.3, 0.4) is 0 Å². The number of hydrogen-bond acceptors (Lipinski definition) is 4. The largest absolute Gasteiger partial charge is 0.351 e. The molecule has 4 nitrogen and oxygen atoms in total. The quantitative estimate of drug-likeness (QED) is 0.899. The molecule has 1 N–H and O–H groups in total. The summed E-state index contributed by atoms with van der Waals surface area (Å²) in [4.78, 5) is 11.8. The molecule has 0 aliphatic carbocycles. The molecule has 0 saturated carbocycles. The van der Waals surface area contributed by atoms with E-state index in [-0.39, 0.29) is 17.1 Å². The Morgan fingerprint density at radius 1 is 1.59 bits per heavy atom. The van der Waals surface area contributed by atoms with Crippen molar-refractivity contribution in [2.75, 3.05) is 12.8 Å². The number of nitrogens with zero attached hydrogens (tertiary/aromatic N) is 1. The number of hydrogen-bond donors (Lipinski definition) is 1. The van der Waals surface area contributed by atoms with Crippen LogP contribution >= 0.6 is 11.8 Å². The van der Waals surface area contributed by atoms with Gasteiger partial charge in [0.15, 0.2) is 0 Å². The van der Waals surface area contributed by atoms with Crippen LogP contribution in [0.5, 0.6) is 0 Å². The lowest BCUT2D eigenvalue weighted by Gasteiger charge is -2.29. The second-order valence-electron chi connectivity index (χ2n) is 5.13. The summed E-state index contributed by atoms with van der Waals surface area (Å²) in [6, 6.07) is 1.64. The number of carbonyl (C=O) groups excluding carboxylic acids is 1. The van der Waals surface area contributed by atoms with Crippen molar-refractivity contribution < 1.29 is 9.32 Å². The van der Waals surface area contributed by atoms with Crippen LogP contribution in [0.25, 0.3) is 0 Å². The van der Waals surface area contributed by atoms with Gasteiger partial charge in [-0.2, -0.15) is 11.8 Å². The first-order valence-corrected chi connectivity index (χ1v) is 6.87. The fourth-order valence-electron chi connectivity index (χ4n) is 1.49. The Hall–Kier alpha value is -0.970. The van der Waals surface area contributed by atoms with E-state index in [1.165, 1.54) is 0 Å². The first-order valence-electron chi connectivity index (χ1n) is 5.59. The highest BCUT2D eigenvalue weighted by Gasteiger charge is 2.24. The van der Waals surface area contributed by atoms with E-state index in [4.69, 9.17) is 4.52 Å². The average molecular weight is 256 g/mol. The van der Waals surface area contributed by atoms with Crippen molar-refractivity contribution in [1.82, 2.24) is 10.5 Å². The minimum Gasteiger partial charge on any atom is -0.351 e. The normalized spacial score (nSPS) is 13.5. The van der Waals surface area contributed by atoms with Crippen LogP contribution in [-0.4, -0.2) is 29.1 Å². The fraction of sp³-hybridized carbons (Fsp3) is 0.667. The zero-order valence-corrected chi connectivity index (χ0v) is 11.9. The number of aromatic nitrogens is 1. The average Bonchev–Trinajstić information content (AvgIpc) is 2.63. The van der Waals surface area contributed by atoms with Gasteiger partial charge in [-0.15, -0.1) is 0 Å². The Bertz CT molecular complexity index is 382. The van der Waals surface area contributed by atoms with Gasteiger partial charge in [-0.25, -0.2) is 0 Å². The highest BCUT2D eigenvalue weighted by Crippen LogP contribution is 2.28. The zero-order chi connectivity index (χ0) is 13.1. The van der Waals surface area contributed by atoms with Crippen molar-refractivity contribution in [1.29, 1.82) is 0 Å². The van der Waals surface area contributed by atoms with Crippen LogP contribution in [0.15, 0.2) is 10.6 Å². The van der Waals surface area contributed by atoms with E-state index in [0.717, 1.165) is 0 Å². The van der Waals surface area contributed by atoms with Crippen LogP contribution in [0.1, 0.15) is 37.0 Å². The Morgan fingerprint density at radius 3 is 2.65 bits per heavy atom. The second-order valence-corrected chi connectivity index (χ2v) is 6.17. The molecule has 0 unspecified atom stereocenters. The molecule has 0 bridgehead atoms. The van der Waals surface area contributed by atoms with Gasteiger partial charge in [0.05, 0.1) is 5.69 Å². The number of carbonyl (C=O) groups is 1. The molecule has 1 aromatic rings. The van der Waals surface area contributed by atoms with Gasteiger partial charge in [-0.3, -0.25) is 4.79 Å². The Morgan fingerprint density at radius 2 is 2.24 bits per heavy atom. The highest BCUT2D eigenvalue weighted by atomic mass is 32.2. The molecule has 0 radical (unpaired) electrons. The first-order chi connectivity index (χ1) is 7.84. The van der Waals surface area contributed by atoms with Crippen LogP contribution in [-0.2, 0) is 0 Å². The van der Waals surface area contributed by atoms with Gasteiger partial charge in [-0.05, 0) is 18.6 Å². The molecule has 96 valence electrons. The monoisotopic (exact) mass is 256 g/mol. The van der Waals surface area contributed by atoms with Crippen LogP contribution in [0, 0.1) is 12.3 Å². The molecule has 17 heavy (non-hydrogen) atoms. The molecular weight excluding hydrogens is 236 g/mol. The third kappa shape index (κ3) is 4.07. The smallest absolute Gasteiger partial charge is 0.289 e. The predicted molar refractivity (Wildman–Crippen MR) is 70.3 cm³/mol. The number of amides is 1. The van der Waals surface area contributed by atoms with E-state index in [9.17, 15) is 4.79 Å². The zero-order valence-electron chi connectivity index (χ0n) is 11.0. The molecule has 1 amide bonds. The SMILES string of the molecule is CS[C@@H](CNC(=O)c1cc(C)no1)C(C)(C)C. The van der Waals surface area contributed by atoms with Gasteiger partial charge in [0, 0.05) is 17.9 Å². The van der Waals surface area contributed by atoms with Crippen molar-refractivity contribution in [2.24, 2.45) is 5.41 Å². The van der Waals surface area contributed by atoms with Gasteiger partial charge in [0.2, 0.25) is 5.76 Å². The lowest BCUT2D eigenvalue weighted by molar-refractivity contribution is 0.0913. The Kier molecular flexibility index (Phi) is 4.62. The van der Waals surface area contributed by atoms with Gasteiger partial charge in [0.1, 0.15) is 0 Å². The van der Waals surface area contributed by atoms with Crippen LogP contribution < -0.4 is 5.32 Å². The third-order valence-electron chi connectivity index (χ3n) is 2.55. The molecule has 0 aliphatic heterocycles. The van der Waals surface area contributed by atoms with E-state index in [1.54, 1.807) is 24.8 Å². The lowest BCUT2D eigenvalue weighted by atomic mass is 9.91. The van der Waals surface area contributed by atoms with E-state index in [0.29, 0.717) is 17.5 Å². The van der Waals surface area contributed by atoms with E-state index in [2.05, 4.69) is 37.5 Å². The van der Waals surface area contributed by atoms with Gasteiger partial charge < -0.3 is 9.84 Å². The summed E-state index contributed by atoms with van der Waals surface area (Å²) in [5.41, 5.74) is 0.872. The molecule has 1 rings (SSSR count). The summed E-state index contributed by atoms with van der Waals surface area (Å²) in [6.07, 6.45) is 2.06. The molecule has 5 heteroatoms. The van der Waals surface area contributed by atoms with Crippen molar-refractivity contribution in [3.8, 4) is 0 Å². The third-order valence-corrected chi connectivity index (χ3v) is 3.99. The van der Waals surface area contributed by atoms with Crippen molar-refractivity contribution in [2.45, 2.75) is 32.9 Å². The number of aryl methyl sites for hydroxylation is 1. The number of rotatable bonds is 4. The molecule has 0 spiro atoms. The van der Waals surface area contributed by atoms with E-state index in [1.807, 2.05) is 0 Å². The number of nitrogens with one attached hydrogen (secondary N) is 1. The summed E-state index contributed by atoms with van der Waals surface area (Å²) in [6.45, 7) is 8.92. The molecule has 0 fully saturated rings. The maximum Gasteiger partial charge on any atom is 0.289 e. The van der Waals surface area contributed by atoms with Crippen molar-refractivity contribution >= 4 is 17.7 Å². The molecule has 0 aliphatic rings. The summed E-state index contributed by atoms with van der Waals surface area (Å²) in [5.74, 6) is 0.0742. The van der Waals surface area contributed by atoms with Crippen molar-refractivity contribution in [3.63, 3.8) is 0 Å². The summed E-state index contributed by atoms with van der Waals surface area (Å²) >= 11 is 1.76. The Labute approximate surface area is 107 Å². The van der Waals surface area contributed by atoms with Gasteiger partial charge >= 0.3 is 0 Å². The lowest BCUT2D eigenvalue weighted by Crippen LogP contribution is -2.37. The van der Waals surface area contributed by atoms with Gasteiger partial charge in [0.25, 0.3) is 5.91 Å². The summed E-state index contributed by atoms with van der Waals surface area (Å²) in [5, 5.41) is 6.94. The Balaban J connectivity index is 2.53. The van der Waals surface area contributed by atoms with E-state index >= 15 is 0 Å². The van der Waals surface area contributed by atoms with E-state index < -0.39 is 0 Å². The molecule has 0 saturated heterocycles. The minimum absolute atomic E-state index is 0.157. The summed E-state index contributed by atoms with van der Waals surface area (Å²) in [7, 11) is 0. The number of thioether (sulfide) groups is 1. The first kappa shape index (κ1) is 14.1. The molecular formula is C12H20N2O2S. The topological polar surface area (TPSA) is 55.1 Å². The predicted octanol–water partition coefficient (Wildman–Crippen LogP) is 2.49. The fourth-order valence-corrected chi connectivity index (χ4v) is 2.44. The maximum absolute atomic E-state index is 11.8. The van der Waals surface area contributed by atoms with Crippen molar-refractivity contribution in [3.05, 3.63) is 17.5 Å². The molecule has 0 aromatic carbocycles. The highest BCUT2D eigenvalue weighted by molar-refractivity contribution is 7.99. The molecule has 1 aromatic heterocycles. The molecule has 1 atom stereocenters. The van der Waals surface area contributed by atoms with Crippen LogP contribution in [0.4, 0.5) is 0 Å². The van der Waals surface area contributed by atoms with Gasteiger partial charge in [-0.1, -0.05) is 25.9 Å². The minimum atomic E-state index is -0.200.